The first-order chi connectivity index (χ1) is 12.9. The molecule has 0 unspecified atom stereocenters. The molecule has 0 aliphatic heterocycles. The third-order valence-electron chi connectivity index (χ3n) is 4.99. The third-order valence-corrected chi connectivity index (χ3v) is 4.99. The van der Waals surface area contributed by atoms with Gasteiger partial charge in [0, 0.05) is 6.42 Å². The van der Waals surface area contributed by atoms with Crippen molar-refractivity contribution in [1.29, 1.82) is 0 Å². The standard InChI is InChI=1S/C24H37NO/c1-2-3-4-5-6-7-8-9-10-11-12-13-14-15-16-21-24-25-22-19-17-18-20-23(22)26-24/h9-10,17-20H,2-8,11-16,21H2,1H3. The minimum Gasteiger partial charge on any atom is -0.441 e. The SMILES string of the molecule is CCCCCCCCC=CCCCCCCCc1nc2ccccc2o1. The van der Waals surface area contributed by atoms with E-state index in [2.05, 4.69) is 24.1 Å². The number of rotatable bonds is 15. The summed E-state index contributed by atoms with van der Waals surface area (Å²) in [7, 11) is 0. The highest BCUT2D eigenvalue weighted by Gasteiger charge is 2.04. The molecule has 1 heterocycles. The van der Waals surface area contributed by atoms with Gasteiger partial charge in [-0.25, -0.2) is 4.98 Å². The highest BCUT2D eigenvalue weighted by atomic mass is 16.3. The summed E-state index contributed by atoms with van der Waals surface area (Å²) in [4.78, 5) is 4.54. The van der Waals surface area contributed by atoms with Crippen molar-refractivity contribution in [2.75, 3.05) is 0 Å². The molecule has 0 amide bonds. The number of oxazole rings is 1. The molecule has 2 heteroatoms. The zero-order chi connectivity index (χ0) is 18.3. The van der Waals surface area contributed by atoms with Crippen LogP contribution in [0.4, 0.5) is 0 Å². The number of allylic oxidation sites excluding steroid dienone is 2. The minimum atomic E-state index is 0.892. The number of para-hydroxylation sites is 2. The molecule has 144 valence electrons. The Bertz CT molecular complexity index is 580. The summed E-state index contributed by atoms with van der Waals surface area (Å²) in [5.74, 6) is 0.892. The quantitative estimate of drug-likeness (QED) is 0.239. The molecule has 0 bridgehead atoms. The van der Waals surface area contributed by atoms with Gasteiger partial charge in [0.15, 0.2) is 11.5 Å². The summed E-state index contributed by atoms with van der Waals surface area (Å²) in [5.41, 5.74) is 1.89. The Labute approximate surface area is 160 Å². The van der Waals surface area contributed by atoms with Crippen molar-refractivity contribution in [1.82, 2.24) is 4.98 Å². The highest BCUT2D eigenvalue weighted by Crippen LogP contribution is 2.17. The van der Waals surface area contributed by atoms with Crippen LogP contribution in [-0.4, -0.2) is 4.98 Å². The van der Waals surface area contributed by atoms with E-state index in [9.17, 15) is 0 Å². The molecule has 0 radical (unpaired) electrons. The summed E-state index contributed by atoms with van der Waals surface area (Å²) in [5, 5.41) is 0. The average Bonchev–Trinajstić information content (AvgIpc) is 3.07. The highest BCUT2D eigenvalue weighted by molar-refractivity contribution is 5.72. The van der Waals surface area contributed by atoms with Gasteiger partial charge >= 0.3 is 0 Å². The Morgan fingerprint density at radius 1 is 0.769 bits per heavy atom. The fraction of sp³-hybridized carbons (Fsp3) is 0.625. The van der Waals surface area contributed by atoms with Gasteiger partial charge in [0.1, 0.15) is 5.52 Å². The smallest absolute Gasteiger partial charge is 0.195 e. The van der Waals surface area contributed by atoms with Crippen LogP contribution in [0.2, 0.25) is 0 Å². The molecule has 0 aliphatic rings. The minimum absolute atomic E-state index is 0.892. The number of fused-ring (bicyclic) bond motifs is 1. The molecular weight excluding hydrogens is 318 g/mol. The van der Waals surface area contributed by atoms with Gasteiger partial charge in [-0.3, -0.25) is 0 Å². The molecule has 0 N–H and O–H groups in total. The molecule has 2 aromatic rings. The van der Waals surface area contributed by atoms with Gasteiger partial charge in [-0.15, -0.1) is 0 Å². The van der Waals surface area contributed by atoms with Gasteiger partial charge in [-0.2, -0.15) is 0 Å². The van der Waals surface area contributed by atoms with Gasteiger partial charge < -0.3 is 4.42 Å². The van der Waals surface area contributed by atoms with Crippen molar-refractivity contribution in [3.05, 3.63) is 42.3 Å². The van der Waals surface area contributed by atoms with Crippen molar-refractivity contribution in [3.8, 4) is 0 Å². The summed E-state index contributed by atoms with van der Waals surface area (Å²) < 4.78 is 5.77. The number of unbranched alkanes of at least 4 members (excludes halogenated alkanes) is 11. The van der Waals surface area contributed by atoms with E-state index in [1.54, 1.807) is 0 Å². The van der Waals surface area contributed by atoms with E-state index in [4.69, 9.17) is 4.42 Å². The average molecular weight is 356 g/mol. The van der Waals surface area contributed by atoms with Crippen LogP contribution in [0, 0.1) is 0 Å². The largest absolute Gasteiger partial charge is 0.441 e. The van der Waals surface area contributed by atoms with Gasteiger partial charge in [0.05, 0.1) is 0 Å². The van der Waals surface area contributed by atoms with Gasteiger partial charge in [0.25, 0.3) is 0 Å². The first kappa shape index (κ1) is 20.7. The van der Waals surface area contributed by atoms with Gasteiger partial charge in [-0.05, 0) is 44.2 Å². The molecule has 0 fully saturated rings. The number of nitrogens with zero attached hydrogens (tertiary/aromatic N) is 1. The topological polar surface area (TPSA) is 26.0 Å². The lowest BCUT2D eigenvalue weighted by atomic mass is 10.1. The Morgan fingerprint density at radius 3 is 2.08 bits per heavy atom. The zero-order valence-electron chi connectivity index (χ0n) is 16.7. The second-order valence-electron chi connectivity index (χ2n) is 7.41. The lowest BCUT2D eigenvalue weighted by Gasteiger charge is -1.99. The lowest BCUT2D eigenvalue weighted by Crippen LogP contribution is -1.86. The van der Waals surface area contributed by atoms with Crippen molar-refractivity contribution in [2.24, 2.45) is 0 Å². The number of benzene rings is 1. The van der Waals surface area contributed by atoms with Crippen LogP contribution in [0.3, 0.4) is 0 Å². The number of hydrogen-bond acceptors (Lipinski definition) is 2. The van der Waals surface area contributed by atoms with Crippen LogP contribution in [0.25, 0.3) is 11.1 Å². The molecule has 2 nitrogen and oxygen atoms in total. The second-order valence-corrected chi connectivity index (χ2v) is 7.41. The van der Waals surface area contributed by atoms with Crippen molar-refractivity contribution < 1.29 is 4.42 Å². The molecule has 1 aromatic heterocycles. The Morgan fingerprint density at radius 2 is 1.38 bits per heavy atom. The number of aryl methyl sites for hydroxylation is 1. The first-order valence-corrected chi connectivity index (χ1v) is 10.9. The van der Waals surface area contributed by atoms with E-state index in [1.807, 2.05) is 24.3 Å². The van der Waals surface area contributed by atoms with Gasteiger partial charge in [-0.1, -0.05) is 82.6 Å². The van der Waals surface area contributed by atoms with E-state index in [1.165, 1.54) is 83.5 Å². The van der Waals surface area contributed by atoms with Crippen molar-refractivity contribution in [2.45, 2.75) is 96.8 Å². The van der Waals surface area contributed by atoms with Gasteiger partial charge in [0.2, 0.25) is 0 Å². The van der Waals surface area contributed by atoms with Crippen LogP contribution in [-0.2, 0) is 6.42 Å². The van der Waals surface area contributed by atoms with E-state index < -0.39 is 0 Å². The molecule has 0 atom stereocenters. The monoisotopic (exact) mass is 355 g/mol. The Hall–Kier alpha value is -1.57. The van der Waals surface area contributed by atoms with Crippen molar-refractivity contribution in [3.63, 3.8) is 0 Å². The van der Waals surface area contributed by atoms with Crippen LogP contribution in [0.1, 0.15) is 96.3 Å². The van der Waals surface area contributed by atoms with E-state index in [0.717, 1.165) is 23.4 Å². The van der Waals surface area contributed by atoms with Crippen LogP contribution in [0.15, 0.2) is 40.8 Å². The first-order valence-electron chi connectivity index (χ1n) is 10.9. The van der Waals surface area contributed by atoms with E-state index in [-0.39, 0.29) is 0 Å². The molecule has 0 saturated carbocycles. The predicted octanol–water partition coefficient (Wildman–Crippen LogP) is 8.02. The van der Waals surface area contributed by atoms with E-state index in [0.29, 0.717) is 0 Å². The summed E-state index contributed by atoms with van der Waals surface area (Å²) >= 11 is 0. The third kappa shape index (κ3) is 8.69. The number of hydrogen-bond donors (Lipinski definition) is 0. The molecule has 1 aromatic carbocycles. The lowest BCUT2D eigenvalue weighted by molar-refractivity contribution is 0.506. The fourth-order valence-electron chi connectivity index (χ4n) is 3.37. The van der Waals surface area contributed by atoms with Crippen LogP contribution < -0.4 is 0 Å². The molecule has 0 spiro atoms. The molecule has 0 aliphatic carbocycles. The Balaban J connectivity index is 1.38. The second kappa shape index (κ2) is 13.6. The predicted molar refractivity (Wildman–Crippen MR) is 113 cm³/mol. The van der Waals surface area contributed by atoms with E-state index >= 15 is 0 Å². The maximum Gasteiger partial charge on any atom is 0.195 e. The van der Waals surface area contributed by atoms with Crippen molar-refractivity contribution >= 4 is 11.1 Å². The van der Waals surface area contributed by atoms with Crippen LogP contribution >= 0.6 is 0 Å². The summed E-state index contributed by atoms with van der Waals surface area (Å²) in [6.45, 7) is 2.28. The molecule has 26 heavy (non-hydrogen) atoms. The molecule has 0 saturated heterocycles. The number of aromatic nitrogens is 1. The molecular formula is C24H37NO. The summed E-state index contributed by atoms with van der Waals surface area (Å²) in [6.07, 6.45) is 23.1. The fourth-order valence-corrected chi connectivity index (χ4v) is 3.37. The zero-order valence-corrected chi connectivity index (χ0v) is 16.7. The Kier molecular flexibility index (Phi) is 10.9. The maximum atomic E-state index is 5.77. The normalized spacial score (nSPS) is 11.7. The summed E-state index contributed by atoms with van der Waals surface area (Å²) in [6, 6.07) is 8.02. The molecule has 2 rings (SSSR count). The van der Waals surface area contributed by atoms with Crippen LogP contribution in [0.5, 0.6) is 0 Å². The maximum absolute atomic E-state index is 5.77.